The van der Waals surface area contributed by atoms with Gasteiger partial charge in [0.1, 0.15) is 0 Å². The fourth-order valence-electron chi connectivity index (χ4n) is 3.66. The first-order valence-corrected chi connectivity index (χ1v) is 13.1. The van der Waals surface area contributed by atoms with E-state index in [0.717, 1.165) is 17.7 Å². The molecule has 1 fully saturated rings. The number of thiocarbonyl (C=S) groups is 1. The van der Waals surface area contributed by atoms with Crippen LogP contribution in [-0.2, 0) is 16.0 Å². The molecule has 6 nitrogen and oxygen atoms in total. The van der Waals surface area contributed by atoms with Gasteiger partial charge in [-0.25, -0.2) is 0 Å². The average Bonchev–Trinajstić information content (AvgIpc) is 3.16. The van der Waals surface area contributed by atoms with Crippen LogP contribution in [0.25, 0.3) is 6.08 Å². The Labute approximate surface area is 230 Å². The molecule has 1 saturated heterocycles. The number of rotatable bonds is 8. The molecular weight excluding hydrogens is 528 g/mol. The number of anilines is 2. The van der Waals surface area contributed by atoms with Crippen LogP contribution in [0.2, 0.25) is 5.02 Å². The number of hydrogen-bond donors (Lipinski definition) is 1. The third-order valence-electron chi connectivity index (χ3n) is 5.63. The number of nitrogens with one attached hydrogen (secondary N) is 1. The lowest BCUT2D eigenvalue weighted by atomic mass is 10.1. The second-order valence-corrected chi connectivity index (χ2v) is 10.4. The van der Waals surface area contributed by atoms with E-state index in [-0.39, 0.29) is 29.2 Å². The van der Waals surface area contributed by atoms with Crippen molar-refractivity contribution in [2.45, 2.75) is 20.3 Å². The fourth-order valence-corrected chi connectivity index (χ4v) is 5.23. The number of halogens is 1. The van der Waals surface area contributed by atoms with E-state index in [1.165, 1.54) is 29.3 Å². The third-order valence-corrected chi connectivity index (χ3v) is 7.21. The molecule has 190 valence electrons. The van der Waals surface area contributed by atoms with E-state index in [4.69, 9.17) is 33.3 Å². The van der Waals surface area contributed by atoms with Gasteiger partial charge in [0.15, 0.2) is 22.4 Å². The fraction of sp³-hybridized carbons (Fsp3) is 0.179. The number of amides is 2. The summed E-state index contributed by atoms with van der Waals surface area (Å²) in [5.41, 5.74) is 4.32. The highest BCUT2D eigenvalue weighted by atomic mass is 35.5. The number of ether oxygens (including phenoxy) is 2. The highest BCUT2D eigenvalue weighted by molar-refractivity contribution is 8.27. The van der Waals surface area contributed by atoms with Crippen LogP contribution in [0.1, 0.15) is 23.6 Å². The normalized spacial score (nSPS) is 14.3. The molecule has 1 heterocycles. The van der Waals surface area contributed by atoms with E-state index in [1.807, 2.05) is 55.5 Å². The number of methoxy groups -OCH3 is 1. The molecule has 37 heavy (non-hydrogen) atoms. The molecule has 9 heteroatoms. The number of thioether (sulfide) groups is 1. The Morgan fingerprint density at radius 1 is 1.14 bits per heavy atom. The number of aryl methyl sites for hydroxylation is 2. The predicted octanol–water partition coefficient (Wildman–Crippen LogP) is 6.64. The van der Waals surface area contributed by atoms with E-state index in [1.54, 1.807) is 18.2 Å². The van der Waals surface area contributed by atoms with Crippen LogP contribution >= 0.6 is 35.6 Å². The van der Waals surface area contributed by atoms with Crippen molar-refractivity contribution in [1.82, 2.24) is 0 Å². The first-order chi connectivity index (χ1) is 17.8. The molecule has 0 radical (unpaired) electrons. The van der Waals surface area contributed by atoms with E-state index in [2.05, 4.69) is 12.2 Å². The number of benzene rings is 3. The molecular formula is C28H25ClN2O4S2. The van der Waals surface area contributed by atoms with Crippen molar-refractivity contribution in [1.29, 1.82) is 0 Å². The maximum Gasteiger partial charge on any atom is 0.270 e. The molecule has 1 N–H and O–H groups in total. The van der Waals surface area contributed by atoms with E-state index in [0.29, 0.717) is 26.2 Å². The average molecular weight is 553 g/mol. The first-order valence-electron chi connectivity index (χ1n) is 11.5. The standard InChI is InChI=1S/C28H25ClN2O4S2/c1-4-18-7-11-21(12-8-18)31-27(33)24(37-28(31)36)15-19-13-22(29)26(23(14-19)34-3)35-16-25(32)30-20-9-5-17(2)6-10-20/h5-15H,4,16H2,1-3H3,(H,30,32)/b24-15-. The summed E-state index contributed by atoms with van der Waals surface area (Å²) in [6.07, 6.45) is 2.63. The number of nitrogens with zero attached hydrogens (tertiary/aromatic N) is 1. The van der Waals surface area contributed by atoms with Crippen molar-refractivity contribution >= 4 is 69.2 Å². The highest BCUT2D eigenvalue weighted by Crippen LogP contribution is 2.40. The summed E-state index contributed by atoms with van der Waals surface area (Å²) in [6, 6.07) is 18.6. The monoisotopic (exact) mass is 552 g/mol. The molecule has 1 aliphatic heterocycles. The summed E-state index contributed by atoms with van der Waals surface area (Å²) in [6.45, 7) is 3.80. The van der Waals surface area contributed by atoms with Gasteiger partial charge >= 0.3 is 0 Å². The minimum absolute atomic E-state index is 0.206. The molecule has 1 aliphatic rings. The van der Waals surface area contributed by atoms with Crippen molar-refractivity contribution in [2.75, 3.05) is 23.9 Å². The lowest BCUT2D eigenvalue weighted by molar-refractivity contribution is -0.118. The van der Waals surface area contributed by atoms with Gasteiger partial charge in [-0.05, 0) is 66.9 Å². The maximum absolute atomic E-state index is 13.1. The van der Waals surface area contributed by atoms with Crippen molar-refractivity contribution in [3.05, 3.63) is 87.3 Å². The Bertz CT molecular complexity index is 1370. The van der Waals surface area contributed by atoms with Crippen LogP contribution in [-0.4, -0.2) is 29.9 Å². The maximum atomic E-state index is 13.1. The van der Waals surface area contributed by atoms with Crippen molar-refractivity contribution in [3.63, 3.8) is 0 Å². The van der Waals surface area contributed by atoms with Crippen LogP contribution in [0.3, 0.4) is 0 Å². The molecule has 0 spiro atoms. The molecule has 0 saturated carbocycles. The Morgan fingerprint density at radius 3 is 2.49 bits per heavy atom. The van der Waals surface area contributed by atoms with E-state index < -0.39 is 0 Å². The molecule has 0 aliphatic carbocycles. The summed E-state index contributed by atoms with van der Waals surface area (Å²) >= 11 is 13.2. The Balaban J connectivity index is 1.49. The van der Waals surface area contributed by atoms with Gasteiger partial charge < -0.3 is 14.8 Å². The second kappa shape index (κ2) is 11.8. The largest absolute Gasteiger partial charge is 0.493 e. The van der Waals surface area contributed by atoms with Gasteiger partial charge in [0.05, 0.1) is 22.7 Å². The second-order valence-electron chi connectivity index (χ2n) is 8.27. The quantitative estimate of drug-likeness (QED) is 0.249. The molecule has 0 unspecified atom stereocenters. The van der Waals surface area contributed by atoms with Gasteiger partial charge in [0.2, 0.25) is 0 Å². The molecule has 3 aromatic carbocycles. The zero-order valence-electron chi connectivity index (χ0n) is 20.5. The van der Waals surface area contributed by atoms with Crippen LogP contribution in [0.15, 0.2) is 65.6 Å². The highest BCUT2D eigenvalue weighted by Gasteiger charge is 2.33. The van der Waals surface area contributed by atoms with E-state index >= 15 is 0 Å². The van der Waals surface area contributed by atoms with Gasteiger partial charge in [-0.2, -0.15) is 0 Å². The van der Waals surface area contributed by atoms with Gasteiger partial charge in [-0.1, -0.05) is 72.3 Å². The first kappa shape index (κ1) is 26.7. The van der Waals surface area contributed by atoms with Crippen LogP contribution in [0, 0.1) is 6.92 Å². The summed E-state index contributed by atoms with van der Waals surface area (Å²) < 4.78 is 11.6. The zero-order valence-corrected chi connectivity index (χ0v) is 22.9. The molecule has 0 aromatic heterocycles. The van der Waals surface area contributed by atoms with Gasteiger partial charge in [-0.15, -0.1) is 0 Å². The van der Waals surface area contributed by atoms with Gasteiger partial charge in [0.25, 0.3) is 11.8 Å². The number of hydrogen-bond acceptors (Lipinski definition) is 6. The van der Waals surface area contributed by atoms with Crippen LogP contribution in [0.5, 0.6) is 11.5 Å². The van der Waals surface area contributed by atoms with Gasteiger partial charge in [-0.3, -0.25) is 14.5 Å². The molecule has 4 rings (SSSR count). The lowest BCUT2D eigenvalue weighted by Crippen LogP contribution is -2.27. The molecule has 3 aromatic rings. The van der Waals surface area contributed by atoms with Crippen molar-refractivity contribution in [3.8, 4) is 11.5 Å². The number of carbonyl (C=O) groups is 2. The van der Waals surface area contributed by atoms with Crippen molar-refractivity contribution < 1.29 is 19.1 Å². The third kappa shape index (κ3) is 6.33. The minimum Gasteiger partial charge on any atom is -0.493 e. The summed E-state index contributed by atoms with van der Waals surface area (Å²) in [4.78, 5) is 27.5. The molecule has 2 amide bonds. The Kier molecular flexibility index (Phi) is 8.53. The SMILES string of the molecule is CCc1ccc(N2C(=O)/C(=C/c3cc(Cl)c(OCC(=O)Nc4ccc(C)cc4)c(OC)c3)SC2=S)cc1. The topological polar surface area (TPSA) is 67.9 Å². The zero-order chi connectivity index (χ0) is 26.5. The summed E-state index contributed by atoms with van der Waals surface area (Å²) in [5, 5.41) is 3.02. The van der Waals surface area contributed by atoms with Crippen LogP contribution < -0.4 is 19.7 Å². The van der Waals surface area contributed by atoms with Crippen LogP contribution in [0.4, 0.5) is 11.4 Å². The molecule has 0 atom stereocenters. The number of carbonyl (C=O) groups excluding carboxylic acids is 2. The predicted molar refractivity (Wildman–Crippen MR) is 155 cm³/mol. The molecule has 0 bridgehead atoms. The summed E-state index contributed by atoms with van der Waals surface area (Å²) in [5.74, 6) is 0.0422. The Morgan fingerprint density at radius 2 is 1.84 bits per heavy atom. The Hall–Kier alpha value is -3.33. The van der Waals surface area contributed by atoms with Gasteiger partial charge in [0, 0.05) is 5.69 Å². The van der Waals surface area contributed by atoms with E-state index in [9.17, 15) is 9.59 Å². The lowest BCUT2D eigenvalue weighted by Gasteiger charge is -2.15. The smallest absolute Gasteiger partial charge is 0.270 e. The van der Waals surface area contributed by atoms with Crippen molar-refractivity contribution in [2.24, 2.45) is 0 Å². The minimum atomic E-state index is -0.332. The summed E-state index contributed by atoms with van der Waals surface area (Å²) in [7, 11) is 1.48.